The fraction of sp³-hybridized carbons (Fsp3) is 0.467. The number of fused-ring (bicyclic) bond motifs is 3. The predicted octanol–water partition coefficient (Wildman–Crippen LogP) is 2.32. The smallest absolute Gasteiger partial charge is 0.262 e. The quantitative estimate of drug-likeness (QED) is 0.725. The minimum absolute atomic E-state index is 0.000457. The first-order valence-corrected chi connectivity index (χ1v) is 8.22. The average molecular weight is 316 g/mol. The van der Waals surface area contributed by atoms with E-state index < -0.39 is 0 Å². The second-order valence-corrected chi connectivity index (χ2v) is 7.02. The maximum absolute atomic E-state index is 12.8. The van der Waals surface area contributed by atoms with Crippen molar-refractivity contribution in [1.82, 2.24) is 19.7 Å². The third-order valence-corrected chi connectivity index (χ3v) is 5.33. The minimum atomic E-state index is -0.000457. The van der Waals surface area contributed by atoms with Crippen LogP contribution in [0.1, 0.15) is 35.5 Å². The molecular formula is C15H16N4O2S. The third-order valence-electron chi connectivity index (χ3n) is 4.16. The van der Waals surface area contributed by atoms with Crippen molar-refractivity contribution in [3.05, 3.63) is 38.8 Å². The summed E-state index contributed by atoms with van der Waals surface area (Å²) in [5, 5.41) is 4.63. The summed E-state index contributed by atoms with van der Waals surface area (Å²) in [6.07, 6.45) is 4.75. The molecule has 0 radical (unpaired) electrons. The molecule has 1 unspecified atom stereocenters. The normalized spacial score (nSPS) is 17.8. The lowest BCUT2D eigenvalue weighted by molar-refractivity contribution is 0.386. The molecule has 0 saturated heterocycles. The number of aryl methyl sites for hydroxylation is 2. The fourth-order valence-electron chi connectivity index (χ4n) is 3.04. The average Bonchev–Trinajstić information content (AvgIpc) is 3.05. The molecule has 0 aliphatic heterocycles. The molecule has 22 heavy (non-hydrogen) atoms. The Bertz CT molecular complexity index is 908. The van der Waals surface area contributed by atoms with Crippen LogP contribution in [0.5, 0.6) is 0 Å². The fourth-order valence-corrected chi connectivity index (χ4v) is 4.38. The molecular weight excluding hydrogens is 300 g/mol. The lowest BCUT2D eigenvalue weighted by atomic mass is 9.89. The van der Waals surface area contributed by atoms with Crippen LogP contribution in [0.2, 0.25) is 0 Å². The summed E-state index contributed by atoms with van der Waals surface area (Å²) < 4.78 is 6.52. The third kappa shape index (κ3) is 2.16. The molecule has 0 aromatic carbocycles. The van der Waals surface area contributed by atoms with Gasteiger partial charge in [0, 0.05) is 11.8 Å². The van der Waals surface area contributed by atoms with Gasteiger partial charge in [-0.3, -0.25) is 9.36 Å². The van der Waals surface area contributed by atoms with Gasteiger partial charge in [0.1, 0.15) is 4.83 Å². The first-order valence-electron chi connectivity index (χ1n) is 7.40. The predicted molar refractivity (Wildman–Crippen MR) is 83.2 cm³/mol. The van der Waals surface area contributed by atoms with Crippen molar-refractivity contribution in [3.63, 3.8) is 0 Å². The molecule has 0 amide bonds. The topological polar surface area (TPSA) is 73.8 Å². The first kappa shape index (κ1) is 13.6. The van der Waals surface area contributed by atoms with Gasteiger partial charge in [0.2, 0.25) is 5.89 Å². The molecule has 6 nitrogen and oxygen atoms in total. The number of rotatable bonds is 2. The molecule has 0 saturated carbocycles. The van der Waals surface area contributed by atoms with Crippen LogP contribution < -0.4 is 5.56 Å². The van der Waals surface area contributed by atoms with E-state index in [1.165, 1.54) is 10.4 Å². The highest BCUT2D eigenvalue weighted by Crippen LogP contribution is 2.35. The van der Waals surface area contributed by atoms with Crippen LogP contribution in [0.4, 0.5) is 0 Å². The van der Waals surface area contributed by atoms with E-state index in [2.05, 4.69) is 22.0 Å². The number of thiophene rings is 1. The Labute approximate surface area is 130 Å². The summed E-state index contributed by atoms with van der Waals surface area (Å²) in [4.78, 5) is 23.6. The van der Waals surface area contributed by atoms with Crippen molar-refractivity contribution < 1.29 is 4.52 Å². The SMILES string of the molecule is Cc1nc(Cn2cnc3sc4c(c3c2=O)CCC(C)C4)no1. The molecule has 0 bridgehead atoms. The van der Waals surface area contributed by atoms with E-state index in [4.69, 9.17) is 4.52 Å². The Balaban J connectivity index is 1.81. The zero-order valence-electron chi connectivity index (χ0n) is 12.5. The molecule has 7 heteroatoms. The molecule has 4 rings (SSSR count). The van der Waals surface area contributed by atoms with Crippen molar-refractivity contribution in [2.75, 3.05) is 0 Å². The van der Waals surface area contributed by atoms with Gasteiger partial charge >= 0.3 is 0 Å². The van der Waals surface area contributed by atoms with Crippen LogP contribution >= 0.6 is 11.3 Å². The lowest BCUT2D eigenvalue weighted by Crippen LogP contribution is -2.22. The largest absolute Gasteiger partial charge is 0.340 e. The zero-order valence-corrected chi connectivity index (χ0v) is 13.3. The standard InChI is InChI=1S/C15H16N4O2S/c1-8-3-4-10-11(5-8)22-14-13(10)15(20)19(7-16-14)6-12-17-9(2)21-18-12/h7-8H,3-6H2,1-2H3. The molecule has 0 N–H and O–H groups in total. The second kappa shape index (κ2) is 5.01. The first-order chi connectivity index (χ1) is 10.6. The van der Waals surface area contributed by atoms with Gasteiger partial charge in [-0.1, -0.05) is 12.1 Å². The van der Waals surface area contributed by atoms with E-state index in [1.54, 1.807) is 29.2 Å². The Kier molecular flexibility index (Phi) is 3.11. The summed E-state index contributed by atoms with van der Waals surface area (Å²) in [5.74, 6) is 1.68. The van der Waals surface area contributed by atoms with Gasteiger partial charge < -0.3 is 4.52 Å². The molecule has 1 aliphatic rings. The molecule has 0 spiro atoms. The molecule has 1 aliphatic carbocycles. The monoisotopic (exact) mass is 316 g/mol. The van der Waals surface area contributed by atoms with Gasteiger partial charge in [-0.2, -0.15) is 4.98 Å². The Morgan fingerprint density at radius 2 is 2.36 bits per heavy atom. The van der Waals surface area contributed by atoms with Gasteiger partial charge in [-0.05, 0) is 30.7 Å². The van der Waals surface area contributed by atoms with E-state index in [0.29, 0.717) is 24.2 Å². The van der Waals surface area contributed by atoms with Gasteiger partial charge in [0.15, 0.2) is 5.82 Å². The van der Waals surface area contributed by atoms with Crippen molar-refractivity contribution in [2.24, 2.45) is 5.92 Å². The van der Waals surface area contributed by atoms with Crippen LogP contribution in [0, 0.1) is 12.8 Å². The number of hydrogen-bond acceptors (Lipinski definition) is 6. The Hall–Kier alpha value is -2.02. The van der Waals surface area contributed by atoms with Crippen LogP contribution in [0.3, 0.4) is 0 Å². The molecule has 1 atom stereocenters. The second-order valence-electron chi connectivity index (χ2n) is 5.94. The van der Waals surface area contributed by atoms with E-state index >= 15 is 0 Å². The van der Waals surface area contributed by atoms with E-state index in [0.717, 1.165) is 29.5 Å². The highest BCUT2D eigenvalue weighted by molar-refractivity contribution is 7.18. The number of aromatic nitrogens is 4. The number of nitrogens with zero attached hydrogens (tertiary/aromatic N) is 4. The Morgan fingerprint density at radius 3 is 3.14 bits per heavy atom. The van der Waals surface area contributed by atoms with E-state index in [-0.39, 0.29) is 5.56 Å². The van der Waals surface area contributed by atoms with Gasteiger partial charge in [-0.25, -0.2) is 4.98 Å². The molecule has 3 aromatic rings. The molecule has 114 valence electrons. The van der Waals surface area contributed by atoms with Crippen molar-refractivity contribution in [2.45, 2.75) is 39.7 Å². The molecule has 0 fully saturated rings. The van der Waals surface area contributed by atoms with Gasteiger partial charge in [0.05, 0.1) is 18.3 Å². The zero-order chi connectivity index (χ0) is 15.3. The van der Waals surface area contributed by atoms with Gasteiger partial charge in [-0.15, -0.1) is 11.3 Å². The molecule has 3 heterocycles. The molecule has 3 aromatic heterocycles. The van der Waals surface area contributed by atoms with Crippen LogP contribution in [0.25, 0.3) is 10.2 Å². The van der Waals surface area contributed by atoms with Crippen molar-refractivity contribution >= 4 is 21.6 Å². The van der Waals surface area contributed by atoms with Crippen LogP contribution in [-0.2, 0) is 19.4 Å². The van der Waals surface area contributed by atoms with Gasteiger partial charge in [0.25, 0.3) is 5.56 Å². The summed E-state index contributed by atoms with van der Waals surface area (Å²) in [7, 11) is 0. The summed E-state index contributed by atoms with van der Waals surface area (Å²) in [5.41, 5.74) is 1.20. The maximum Gasteiger partial charge on any atom is 0.262 e. The summed E-state index contributed by atoms with van der Waals surface area (Å²) in [6.45, 7) is 4.29. The van der Waals surface area contributed by atoms with Crippen molar-refractivity contribution in [3.8, 4) is 0 Å². The van der Waals surface area contributed by atoms with Crippen LogP contribution in [-0.4, -0.2) is 19.7 Å². The summed E-state index contributed by atoms with van der Waals surface area (Å²) >= 11 is 1.66. The van der Waals surface area contributed by atoms with Crippen LogP contribution in [0.15, 0.2) is 15.6 Å². The highest BCUT2D eigenvalue weighted by atomic mass is 32.1. The lowest BCUT2D eigenvalue weighted by Gasteiger charge is -2.17. The summed E-state index contributed by atoms with van der Waals surface area (Å²) in [6, 6.07) is 0. The minimum Gasteiger partial charge on any atom is -0.340 e. The van der Waals surface area contributed by atoms with E-state index in [1.807, 2.05) is 0 Å². The van der Waals surface area contributed by atoms with E-state index in [9.17, 15) is 4.79 Å². The maximum atomic E-state index is 12.8. The number of hydrogen-bond donors (Lipinski definition) is 0. The van der Waals surface area contributed by atoms with Crippen molar-refractivity contribution in [1.29, 1.82) is 0 Å². The highest BCUT2D eigenvalue weighted by Gasteiger charge is 2.23. The Morgan fingerprint density at radius 1 is 1.50 bits per heavy atom.